The van der Waals surface area contributed by atoms with E-state index in [1.54, 1.807) is 49.4 Å². The maximum absolute atomic E-state index is 9.13. The van der Waals surface area contributed by atoms with Gasteiger partial charge in [-0.25, -0.2) is 4.85 Å². The molecule has 2 aromatic carbocycles. The third-order valence-electron chi connectivity index (χ3n) is 2.72. The van der Waals surface area contributed by atoms with Crippen molar-refractivity contribution in [2.45, 2.75) is 6.92 Å². The van der Waals surface area contributed by atoms with Crippen molar-refractivity contribution in [3.63, 3.8) is 0 Å². The molecule has 0 unspecified atom stereocenters. The molecular formula is C14H12BNO3. The van der Waals surface area contributed by atoms with Crippen LogP contribution in [0.3, 0.4) is 0 Å². The third kappa shape index (κ3) is 3.13. The average molecular weight is 253 g/mol. The van der Waals surface area contributed by atoms with Gasteiger partial charge in [-0.3, -0.25) is 0 Å². The summed E-state index contributed by atoms with van der Waals surface area (Å²) in [5, 5.41) is 18.3. The lowest BCUT2D eigenvalue weighted by atomic mass is 9.77. The number of rotatable bonds is 3. The van der Waals surface area contributed by atoms with Crippen molar-refractivity contribution in [3.8, 4) is 11.5 Å². The zero-order chi connectivity index (χ0) is 13.8. The van der Waals surface area contributed by atoms with Crippen LogP contribution >= 0.6 is 0 Å². The molecule has 0 radical (unpaired) electrons. The lowest BCUT2D eigenvalue weighted by Gasteiger charge is -2.09. The molecule has 94 valence electrons. The summed E-state index contributed by atoms with van der Waals surface area (Å²) in [6.07, 6.45) is 0. The smallest absolute Gasteiger partial charge is 0.457 e. The van der Waals surface area contributed by atoms with Gasteiger partial charge in [0.25, 0.3) is 0 Å². The molecule has 0 spiro atoms. The minimum atomic E-state index is -1.48. The van der Waals surface area contributed by atoms with Crippen LogP contribution in [-0.2, 0) is 0 Å². The Hall–Kier alpha value is -2.29. The van der Waals surface area contributed by atoms with Gasteiger partial charge in [-0.1, -0.05) is 18.2 Å². The maximum atomic E-state index is 9.13. The van der Waals surface area contributed by atoms with Crippen molar-refractivity contribution in [3.05, 3.63) is 59.4 Å². The summed E-state index contributed by atoms with van der Waals surface area (Å²) >= 11 is 0. The van der Waals surface area contributed by atoms with E-state index in [0.29, 0.717) is 22.6 Å². The van der Waals surface area contributed by atoms with Gasteiger partial charge in [0.1, 0.15) is 11.5 Å². The summed E-state index contributed by atoms with van der Waals surface area (Å²) in [6, 6.07) is 11.8. The Bertz CT molecular complexity index is 618. The van der Waals surface area contributed by atoms with E-state index >= 15 is 0 Å². The molecule has 0 saturated heterocycles. The topological polar surface area (TPSA) is 54.0 Å². The summed E-state index contributed by atoms with van der Waals surface area (Å²) in [4.78, 5) is 3.30. The Morgan fingerprint density at radius 1 is 1.05 bits per heavy atom. The molecule has 2 N–H and O–H groups in total. The molecule has 5 heteroatoms. The van der Waals surface area contributed by atoms with Crippen LogP contribution in [0.15, 0.2) is 42.5 Å². The molecule has 0 atom stereocenters. The summed E-state index contributed by atoms with van der Waals surface area (Å²) in [6.45, 7) is 8.65. The van der Waals surface area contributed by atoms with Crippen LogP contribution in [0.4, 0.5) is 5.69 Å². The van der Waals surface area contributed by atoms with Crippen LogP contribution < -0.4 is 10.2 Å². The van der Waals surface area contributed by atoms with E-state index in [1.807, 2.05) is 0 Å². The van der Waals surface area contributed by atoms with Crippen molar-refractivity contribution in [1.82, 2.24) is 0 Å². The lowest BCUT2D eigenvalue weighted by molar-refractivity contribution is 0.425. The van der Waals surface area contributed by atoms with Gasteiger partial charge in [0.05, 0.1) is 6.57 Å². The Morgan fingerprint density at radius 3 is 2.21 bits per heavy atom. The highest BCUT2D eigenvalue weighted by Gasteiger charge is 2.14. The largest absolute Gasteiger partial charge is 0.488 e. The Labute approximate surface area is 111 Å². The summed E-state index contributed by atoms with van der Waals surface area (Å²) < 4.78 is 5.63. The van der Waals surface area contributed by atoms with Gasteiger partial charge in [0, 0.05) is 0 Å². The van der Waals surface area contributed by atoms with Crippen LogP contribution in [0, 0.1) is 13.5 Å². The predicted octanol–water partition coefficient (Wildman–Crippen LogP) is 2.02. The first-order chi connectivity index (χ1) is 9.10. The molecule has 0 fully saturated rings. The monoisotopic (exact) mass is 253 g/mol. The van der Waals surface area contributed by atoms with Gasteiger partial charge in [-0.2, -0.15) is 0 Å². The molecule has 0 amide bonds. The zero-order valence-electron chi connectivity index (χ0n) is 10.4. The van der Waals surface area contributed by atoms with Crippen molar-refractivity contribution < 1.29 is 14.8 Å². The van der Waals surface area contributed by atoms with Crippen molar-refractivity contribution in [1.29, 1.82) is 0 Å². The maximum Gasteiger partial charge on any atom is 0.488 e. The molecule has 0 aliphatic carbocycles. The molecule has 4 nitrogen and oxygen atoms in total. The van der Waals surface area contributed by atoms with Crippen molar-refractivity contribution in [2.75, 3.05) is 0 Å². The van der Waals surface area contributed by atoms with Crippen molar-refractivity contribution >= 4 is 18.3 Å². The highest BCUT2D eigenvalue weighted by Crippen LogP contribution is 2.24. The zero-order valence-corrected chi connectivity index (χ0v) is 10.4. The average Bonchev–Trinajstić information content (AvgIpc) is 2.39. The fraction of sp³-hybridized carbons (Fsp3) is 0.0714. The van der Waals surface area contributed by atoms with Gasteiger partial charge in [0.2, 0.25) is 0 Å². The number of hydrogen-bond acceptors (Lipinski definition) is 3. The Morgan fingerprint density at radius 2 is 1.68 bits per heavy atom. The molecule has 0 heterocycles. The second kappa shape index (κ2) is 5.57. The SMILES string of the molecule is [C-]#[N+]c1ccc(Oc2ccc(B(O)O)c(C)c2)cc1. The van der Waals surface area contributed by atoms with Gasteiger partial charge < -0.3 is 14.8 Å². The molecule has 0 aromatic heterocycles. The number of hydrogen-bond donors (Lipinski definition) is 2. The summed E-state index contributed by atoms with van der Waals surface area (Å²) in [5.41, 5.74) is 1.75. The molecular weight excluding hydrogens is 241 g/mol. The number of ether oxygens (including phenoxy) is 1. The number of nitrogens with zero attached hydrogens (tertiary/aromatic N) is 1. The van der Waals surface area contributed by atoms with Crippen LogP contribution in [0.2, 0.25) is 0 Å². The van der Waals surface area contributed by atoms with Crippen LogP contribution in [0.25, 0.3) is 4.85 Å². The van der Waals surface area contributed by atoms with Gasteiger partial charge in [-0.15, -0.1) is 0 Å². The molecule has 19 heavy (non-hydrogen) atoms. The first-order valence-corrected chi connectivity index (χ1v) is 5.72. The van der Waals surface area contributed by atoms with Gasteiger partial charge >= 0.3 is 7.12 Å². The first kappa shape index (κ1) is 13.2. The molecule has 0 bridgehead atoms. The Balaban J connectivity index is 2.19. The highest BCUT2D eigenvalue weighted by molar-refractivity contribution is 6.59. The predicted molar refractivity (Wildman–Crippen MR) is 73.8 cm³/mol. The van der Waals surface area contributed by atoms with E-state index in [1.165, 1.54) is 0 Å². The van der Waals surface area contributed by atoms with E-state index in [-0.39, 0.29) is 0 Å². The minimum Gasteiger partial charge on any atom is -0.457 e. The minimum absolute atomic E-state index is 0.454. The molecule has 0 aliphatic rings. The van der Waals surface area contributed by atoms with E-state index in [2.05, 4.69) is 4.85 Å². The fourth-order valence-electron chi connectivity index (χ4n) is 1.73. The molecule has 2 rings (SSSR count). The fourth-order valence-corrected chi connectivity index (χ4v) is 1.73. The summed E-state index contributed by atoms with van der Waals surface area (Å²) in [7, 11) is -1.48. The van der Waals surface area contributed by atoms with Crippen molar-refractivity contribution in [2.24, 2.45) is 0 Å². The molecule has 0 aliphatic heterocycles. The normalized spacial score (nSPS) is 9.79. The van der Waals surface area contributed by atoms with Gasteiger partial charge in [-0.05, 0) is 42.2 Å². The van der Waals surface area contributed by atoms with Crippen LogP contribution in [0.5, 0.6) is 11.5 Å². The van der Waals surface area contributed by atoms with Gasteiger partial charge in [0.15, 0.2) is 5.69 Å². The third-order valence-corrected chi connectivity index (χ3v) is 2.72. The molecule has 2 aromatic rings. The van der Waals surface area contributed by atoms with E-state index in [0.717, 1.165) is 5.56 Å². The number of benzene rings is 2. The first-order valence-electron chi connectivity index (χ1n) is 5.72. The van der Waals surface area contributed by atoms with Crippen LogP contribution in [0.1, 0.15) is 5.56 Å². The standard InChI is InChI=1S/C14H12BNO3/c1-10-9-13(7-8-14(10)15(17)18)19-12-5-3-11(16-2)4-6-12/h3-9,17-18H,1H3. The Kier molecular flexibility index (Phi) is 3.86. The van der Waals surface area contributed by atoms with E-state index < -0.39 is 7.12 Å². The quantitative estimate of drug-likeness (QED) is 0.649. The van der Waals surface area contributed by atoms with Crippen LogP contribution in [-0.4, -0.2) is 17.2 Å². The summed E-state index contributed by atoms with van der Waals surface area (Å²) in [5.74, 6) is 1.24. The van der Waals surface area contributed by atoms with E-state index in [4.69, 9.17) is 21.4 Å². The lowest BCUT2D eigenvalue weighted by Crippen LogP contribution is -2.31. The molecule has 0 saturated carbocycles. The van der Waals surface area contributed by atoms with E-state index in [9.17, 15) is 0 Å². The highest BCUT2D eigenvalue weighted by atomic mass is 16.5. The second-order valence-corrected chi connectivity index (χ2v) is 4.10. The second-order valence-electron chi connectivity index (χ2n) is 4.10. The number of aryl methyl sites for hydroxylation is 1.